The minimum Gasteiger partial charge on any atom is -0.444 e. The minimum absolute atomic E-state index is 0.301. The predicted molar refractivity (Wildman–Crippen MR) is 81.7 cm³/mol. The maximum Gasteiger partial charge on any atom is 0.410 e. The molecule has 4 nitrogen and oxygen atoms in total. The second kappa shape index (κ2) is 4.98. The Labute approximate surface area is 129 Å². The van der Waals surface area contributed by atoms with Gasteiger partial charge in [0.05, 0.1) is 12.2 Å². The van der Waals surface area contributed by atoms with Gasteiger partial charge in [0.2, 0.25) is 0 Å². The van der Waals surface area contributed by atoms with Crippen LogP contribution in [-0.2, 0) is 17.8 Å². The van der Waals surface area contributed by atoms with Gasteiger partial charge in [-0.05, 0) is 69.8 Å². The maximum atomic E-state index is 12.1. The second-order valence-electron chi connectivity index (χ2n) is 5.56. The molecule has 0 unspecified atom stereocenters. The van der Waals surface area contributed by atoms with Crippen molar-refractivity contribution in [3.63, 3.8) is 0 Å². The summed E-state index contributed by atoms with van der Waals surface area (Å²) in [5, 5.41) is 0. The van der Waals surface area contributed by atoms with Crippen molar-refractivity contribution in [3.8, 4) is 0 Å². The Morgan fingerprint density at radius 3 is 2.58 bits per heavy atom. The molecule has 1 aromatic carbocycles. The molecule has 0 radical (unpaired) electrons. The largest absolute Gasteiger partial charge is 0.444 e. The number of hydrogen-bond donors (Lipinski definition) is 1. The van der Waals surface area contributed by atoms with Gasteiger partial charge in [-0.1, -0.05) is 0 Å². The van der Waals surface area contributed by atoms with Gasteiger partial charge in [-0.3, -0.25) is 4.90 Å². The van der Waals surface area contributed by atoms with Crippen LogP contribution in [0.1, 0.15) is 31.9 Å². The number of amides is 1. The highest BCUT2D eigenvalue weighted by atomic mass is 79.9. The molecule has 1 aliphatic heterocycles. The van der Waals surface area contributed by atoms with E-state index in [0.29, 0.717) is 18.8 Å². The summed E-state index contributed by atoms with van der Waals surface area (Å²) in [5.41, 5.74) is 8.25. The highest BCUT2D eigenvalue weighted by Gasteiger charge is 2.30. The van der Waals surface area contributed by atoms with Crippen molar-refractivity contribution < 1.29 is 9.53 Å². The Balaban J connectivity index is 2.21. The fraction of sp³-hybridized carbons (Fsp3) is 0.462. The van der Waals surface area contributed by atoms with E-state index in [9.17, 15) is 4.79 Å². The summed E-state index contributed by atoms with van der Waals surface area (Å²) >= 11 is 6.90. The number of nitrogens with zero attached hydrogens (tertiary/aromatic N) is 1. The fourth-order valence-electron chi connectivity index (χ4n) is 1.95. The molecule has 1 aromatic rings. The number of rotatable bonds is 0. The number of nitrogen functional groups attached to an aromatic ring is 1. The van der Waals surface area contributed by atoms with Crippen LogP contribution >= 0.6 is 31.9 Å². The highest BCUT2D eigenvalue weighted by Crippen LogP contribution is 2.38. The highest BCUT2D eigenvalue weighted by molar-refractivity contribution is 9.11. The number of ether oxygens (including phenoxy) is 1. The Morgan fingerprint density at radius 2 is 2.00 bits per heavy atom. The van der Waals surface area contributed by atoms with Crippen molar-refractivity contribution in [1.29, 1.82) is 0 Å². The quantitative estimate of drug-likeness (QED) is 0.679. The first-order valence-electron chi connectivity index (χ1n) is 5.92. The number of fused-ring (bicyclic) bond motifs is 1. The number of carbonyl (C=O) groups is 1. The normalized spacial score (nSPS) is 14.5. The SMILES string of the molecule is CC(C)(C)OC(=O)N1Cc2cc(Br)c(N)c(Br)c2C1. The van der Waals surface area contributed by atoms with Crippen molar-refractivity contribution in [2.75, 3.05) is 5.73 Å². The molecule has 1 aliphatic rings. The summed E-state index contributed by atoms with van der Waals surface area (Å²) in [6, 6.07) is 1.96. The van der Waals surface area contributed by atoms with E-state index < -0.39 is 5.60 Å². The molecule has 0 fully saturated rings. The van der Waals surface area contributed by atoms with Crippen LogP contribution in [0.15, 0.2) is 15.0 Å². The van der Waals surface area contributed by atoms with Gasteiger partial charge in [0.1, 0.15) is 5.60 Å². The van der Waals surface area contributed by atoms with E-state index in [1.807, 2.05) is 26.8 Å². The van der Waals surface area contributed by atoms with E-state index in [0.717, 1.165) is 20.1 Å². The lowest BCUT2D eigenvalue weighted by atomic mass is 10.1. The smallest absolute Gasteiger partial charge is 0.410 e. The zero-order valence-electron chi connectivity index (χ0n) is 11.1. The molecule has 6 heteroatoms. The predicted octanol–water partition coefficient (Wildman–Crippen LogP) is 4.04. The molecule has 0 atom stereocenters. The first kappa shape index (κ1) is 14.7. The van der Waals surface area contributed by atoms with Gasteiger partial charge in [-0.2, -0.15) is 0 Å². The van der Waals surface area contributed by atoms with Gasteiger partial charge in [-0.25, -0.2) is 4.79 Å². The molecule has 1 heterocycles. The topological polar surface area (TPSA) is 55.6 Å². The minimum atomic E-state index is -0.483. The van der Waals surface area contributed by atoms with Crippen molar-refractivity contribution in [1.82, 2.24) is 4.90 Å². The van der Waals surface area contributed by atoms with Gasteiger partial charge in [0, 0.05) is 15.5 Å². The third-order valence-corrected chi connectivity index (χ3v) is 4.37. The number of anilines is 1. The zero-order valence-corrected chi connectivity index (χ0v) is 14.3. The van der Waals surface area contributed by atoms with E-state index in [-0.39, 0.29) is 6.09 Å². The monoisotopic (exact) mass is 390 g/mol. The summed E-state index contributed by atoms with van der Waals surface area (Å²) < 4.78 is 7.07. The number of nitrogens with two attached hydrogens (primary N) is 1. The van der Waals surface area contributed by atoms with Crippen LogP contribution in [-0.4, -0.2) is 16.6 Å². The summed E-state index contributed by atoms with van der Waals surface area (Å²) in [5.74, 6) is 0. The Bertz CT molecular complexity index is 538. The van der Waals surface area contributed by atoms with Crippen LogP contribution in [0.4, 0.5) is 10.5 Å². The van der Waals surface area contributed by atoms with Crippen LogP contribution in [0.2, 0.25) is 0 Å². The summed E-state index contributed by atoms with van der Waals surface area (Å²) in [7, 11) is 0. The molecule has 0 aliphatic carbocycles. The van der Waals surface area contributed by atoms with Crippen molar-refractivity contribution in [3.05, 3.63) is 26.1 Å². The number of hydrogen-bond acceptors (Lipinski definition) is 3. The van der Waals surface area contributed by atoms with E-state index in [2.05, 4.69) is 31.9 Å². The first-order valence-corrected chi connectivity index (χ1v) is 7.51. The Hall–Kier alpha value is -0.750. The number of benzene rings is 1. The van der Waals surface area contributed by atoms with Crippen LogP contribution in [0.25, 0.3) is 0 Å². The maximum absolute atomic E-state index is 12.1. The lowest BCUT2D eigenvalue weighted by molar-refractivity contribution is 0.0241. The lowest BCUT2D eigenvalue weighted by Gasteiger charge is -2.24. The Kier molecular flexibility index (Phi) is 3.84. The average molecular weight is 392 g/mol. The molecule has 2 N–H and O–H groups in total. The van der Waals surface area contributed by atoms with Gasteiger partial charge in [0.15, 0.2) is 0 Å². The van der Waals surface area contributed by atoms with E-state index in [4.69, 9.17) is 10.5 Å². The molecule has 0 saturated carbocycles. The van der Waals surface area contributed by atoms with Crippen LogP contribution in [0.3, 0.4) is 0 Å². The fourth-order valence-corrected chi connectivity index (χ4v) is 3.28. The molecule has 1 amide bonds. The third kappa shape index (κ3) is 3.05. The molecule has 19 heavy (non-hydrogen) atoms. The first-order chi connectivity index (χ1) is 8.69. The van der Waals surface area contributed by atoms with Crippen molar-refractivity contribution in [2.45, 2.75) is 39.5 Å². The van der Waals surface area contributed by atoms with Crippen molar-refractivity contribution in [2.24, 2.45) is 0 Å². The van der Waals surface area contributed by atoms with Crippen LogP contribution < -0.4 is 5.73 Å². The van der Waals surface area contributed by atoms with E-state index in [1.54, 1.807) is 4.90 Å². The standard InChI is InChI=1S/C13H16Br2N2O2/c1-13(2,3)19-12(18)17-5-7-4-9(14)11(16)10(15)8(7)6-17/h4H,5-6,16H2,1-3H3. The Morgan fingerprint density at radius 1 is 1.37 bits per heavy atom. The second-order valence-corrected chi connectivity index (χ2v) is 7.21. The average Bonchev–Trinajstić information content (AvgIpc) is 2.68. The van der Waals surface area contributed by atoms with E-state index >= 15 is 0 Å². The third-order valence-electron chi connectivity index (χ3n) is 2.81. The summed E-state index contributed by atoms with van der Waals surface area (Å²) in [4.78, 5) is 13.7. The molecular weight excluding hydrogens is 376 g/mol. The van der Waals surface area contributed by atoms with E-state index in [1.165, 1.54) is 0 Å². The van der Waals surface area contributed by atoms with Gasteiger partial charge in [-0.15, -0.1) is 0 Å². The van der Waals surface area contributed by atoms with Gasteiger partial charge < -0.3 is 10.5 Å². The molecule has 104 valence electrons. The molecule has 0 bridgehead atoms. The number of carbonyl (C=O) groups excluding carboxylic acids is 1. The van der Waals surface area contributed by atoms with Crippen LogP contribution in [0.5, 0.6) is 0 Å². The zero-order chi connectivity index (χ0) is 14.4. The molecule has 0 aromatic heterocycles. The summed E-state index contributed by atoms with van der Waals surface area (Å²) in [6.45, 7) is 6.64. The van der Waals surface area contributed by atoms with Crippen LogP contribution in [0, 0.1) is 0 Å². The molecule has 0 saturated heterocycles. The molecule has 0 spiro atoms. The molecule has 2 rings (SSSR count). The van der Waals surface area contributed by atoms with Gasteiger partial charge in [0.25, 0.3) is 0 Å². The van der Waals surface area contributed by atoms with Crippen molar-refractivity contribution >= 4 is 43.6 Å². The lowest BCUT2D eigenvalue weighted by Crippen LogP contribution is -2.33. The number of halogens is 2. The van der Waals surface area contributed by atoms with Gasteiger partial charge >= 0.3 is 6.09 Å². The summed E-state index contributed by atoms with van der Waals surface area (Å²) in [6.07, 6.45) is -0.301. The molecular formula is C13H16Br2N2O2.